The third-order valence-corrected chi connectivity index (χ3v) is 6.21. The largest absolute Gasteiger partial charge is 0.376 e. The van der Waals surface area contributed by atoms with Crippen molar-refractivity contribution in [2.75, 3.05) is 13.7 Å². The van der Waals surface area contributed by atoms with Crippen molar-refractivity contribution in [1.82, 2.24) is 5.32 Å². The predicted molar refractivity (Wildman–Crippen MR) is 75.1 cm³/mol. The zero-order chi connectivity index (χ0) is 11.5. The van der Waals surface area contributed by atoms with Crippen molar-refractivity contribution in [2.24, 2.45) is 0 Å². The smallest absolute Gasteiger partial charge is 0.0843 e. The summed E-state index contributed by atoms with van der Waals surface area (Å²) in [6.07, 6.45) is 3.94. The van der Waals surface area contributed by atoms with Crippen LogP contribution in [0.25, 0.3) is 0 Å². The molecule has 16 heavy (non-hydrogen) atoms. The van der Waals surface area contributed by atoms with E-state index in [9.17, 15) is 0 Å². The van der Waals surface area contributed by atoms with Crippen molar-refractivity contribution in [2.45, 2.75) is 31.4 Å². The fourth-order valence-corrected chi connectivity index (χ4v) is 4.31. The number of likely N-dealkylation sites (N-methyl/N-ethyl adjacent to an activating group) is 1. The Morgan fingerprint density at radius 3 is 2.81 bits per heavy atom. The van der Waals surface area contributed by atoms with Gasteiger partial charge in [0.05, 0.1) is 15.9 Å². The normalized spacial score (nSPS) is 23.3. The van der Waals surface area contributed by atoms with Crippen molar-refractivity contribution < 1.29 is 4.74 Å². The van der Waals surface area contributed by atoms with Crippen LogP contribution in [0, 0.1) is 0 Å². The van der Waals surface area contributed by atoms with E-state index in [0.29, 0.717) is 12.1 Å². The summed E-state index contributed by atoms with van der Waals surface area (Å²) in [5, 5.41) is 3.37. The average Bonchev–Trinajstić information content (AvgIpc) is 2.61. The van der Waals surface area contributed by atoms with Crippen LogP contribution in [-0.2, 0) is 4.74 Å². The quantitative estimate of drug-likeness (QED) is 0.866. The van der Waals surface area contributed by atoms with Gasteiger partial charge in [-0.2, -0.15) is 0 Å². The van der Waals surface area contributed by atoms with E-state index in [2.05, 4.69) is 43.2 Å². The minimum absolute atomic E-state index is 0.313. The molecule has 1 fully saturated rings. The lowest BCUT2D eigenvalue weighted by molar-refractivity contribution is -0.00589. The molecule has 0 aromatic carbocycles. The van der Waals surface area contributed by atoms with E-state index in [1.54, 1.807) is 11.3 Å². The number of hydrogen-bond acceptors (Lipinski definition) is 3. The van der Waals surface area contributed by atoms with Gasteiger partial charge in [-0.15, -0.1) is 11.3 Å². The Labute approximate surface area is 117 Å². The van der Waals surface area contributed by atoms with E-state index < -0.39 is 0 Å². The van der Waals surface area contributed by atoms with Crippen LogP contribution >= 0.6 is 43.2 Å². The zero-order valence-electron chi connectivity index (χ0n) is 9.13. The molecule has 2 unspecified atom stereocenters. The topological polar surface area (TPSA) is 21.3 Å². The Kier molecular flexibility index (Phi) is 4.85. The lowest BCUT2D eigenvalue weighted by Crippen LogP contribution is -2.33. The second-order valence-electron chi connectivity index (χ2n) is 3.94. The van der Waals surface area contributed by atoms with Gasteiger partial charge in [0.2, 0.25) is 0 Å². The van der Waals surface area contributed by atoms with Crippen molar-refractivity contribution >= 4 is 43.2 Å². The van der Waals surface area contributed by atoms with Crippen LogP contribution in [0.1, 0.15) is 30.2 Å². The first kappa shape index (κ1) is 13.0. The van der Waals surface area contributed by atoms with Gasteiger partial charge in [0.15, 0.2) is 0 Å². The van der Waals surface area contributed by atoms with Crippen LogP contribution < -0.4 is 5.32 Å². The van der Waals surface area contributed by atoms with E-state index in [0.717, 1.165) is 21.3 Å². The highest BCUT2D eigenvalue weighted by atomic mass is 79.9. The molecule has 2 atom stereocenters. The van der Waals surface area contributed by atoms with E-state index >= 15 is 0 Å². The maximum Gasteiger partial charge on any atom is 0.0843 e. The highest BCUT2D eigenvalue weighted by molar-refractivity contribution is 9.13. The van der Waals surface area contributed by atoms with Gasteiger partial charge in [-0.3, -0.25) is 0 Å². The Morgan fingerprint density at radius 1 is 1.50 bits per heavy atom. The first-order valence-corrected chi connectivity index (χ1v) is 7.86. The first-order valence-electron chi connectivity index (χ1n) is 5.46. The molecular formula is C11H15Br2NOS. The molecule has 1 aromatic heterocycles. The Morgan fingerprint density at radius 2 is 2.31 bits per heavy atom. The monoisotopic (exact) mass is 367 g/mol. The summed E-state index contributed by atoms with van der Waals surface area (Å²) in [5.74, 6) is 0. The number of halogens is 2. The summed E-state index contributed by atoms with van der Waals surface area (Å²) in [4.78, 5) is 1.33. The van der Waals surface area contributed by atoms with E-state index in [1.165, 1.54) is 17.7 Å². The maximum atomic E-state index is 5.85. The summed E-state index contributed by atoms with van der Waals surface area (Å²) in [6, 6.07) is 2.49. The lowest BCUT2D eigenvalue weighted by atomic mass is 10.0. The Hall–Kier alpha value is 0.580. The van der Waals surface area contributed by atoms with Crippen molar-refractivity contribution in [3.05, 3.63) is 19.2 Å². The van der Waals surface area contributed by atoms with Gasteiger partial charge in [-0.25, -0.2) is 0 Å². The summed E-state index contributed by atoms with van der Waals surface area (Å²) >= 11 is 8.84. The van der Waals surface area contributed by atoms with Gasteiger partial charge in [0.25, 0.3) is 0 Å². The molecule has 0 saturated carbocycles. The number of ether oxygens (including phenoxy) is 1. The van der Waals surface area contributed by atoms with Crippen LogP contribution in [0.3, 0.4) is 0 Å². The minimum Gasteiger partial charge on any atom is -0.376 e. The van der Waals surface area contributed by atoms with Gasteiger partial charge in [0.1, 0.15) is 0 Å². The van der Waals surface area contributed by atoms with Crippen LogP contribution in [-0.4, -0.2) is 19.8 Å². The minimum atomic E-state index is 0.313. The number of rotatable bonds is 3. The second kappa shape index (κ2) is 5.96. The standard InChI is InChI=1S/C11H15Br2NOS/c1-14-10(8-4-2-3-5-15-8)9-6-7(12)11(13)16-9/h6,8,10,14H,2-5H2,1H3. The molecule has 1 aromatic rings. The third-order valence-electron chi connectivity index (χ3n) is 2.87. The summed E-state index contributed by atoms with van der Waals surface area (Å²) in [5.41, 5.74) is 0. The van der Waals surface area contributed by atoms with Gasteiger partial charge in [-0.05, 0) is 64.2 Å². The molecule has 1 aliphatic heterocycles. The average molecular weight is 369 g/mol. The molecule has 0 aliphatic carbocycles. The van der Waals surface area contributed by atoms with Gasteiger partial charge >= 0.3 is 0 Å². The van der Waals surface area contributed by atoms with Gasteiger partial charge in [-0.1, -0.05) is 0 Å². The fourth-order valence-electron chi connectivity index (χ4n) is 2.06. The summed E-state index contributed by atoms with van der Waals surface area (Å²) < 4.78 is 8.13. The summed E-state index contributed by atoms with van der Waals surface area (Å²) in [6.45, 7) is 0.899. The molecule has 1 aliphatic rings. The Bertz CT molecular complexity index is 330. The molecule has 1 saturated heterocycles. The molecule has 0 radical (unpaired) electrons. The molecular weight excluding hydrogens is 354 g/mol. The van der Waals surface area contributed by atoms with Crippen molar-refractivity contribution in [3.8, 4) is 0 Å². The molecule has 1 N–H and O–H groups in total. The molecule has 90 valence electrons. The highest BCUT2D eigenvalue weighted by Gasteiger charge is 2.26. The van der Waals surface area contributed by atoms with Gasteiger partial charge in [0, 0.05) is 16.0 Å². The third kappa shape index (κ3) is 2.88. The molecule has 5 heteroatoms. The van der Waals surface area contributed by atoms with Crippen LogP contribution in [0.5, 0.6) is 0 Å². The molecule has 2 rings (SSSR count). The SMILES string of the molecule is CNC(c1cc(Br)c(Br)s1)C1CCCCO1. The summed E-state index contributed by atoms with van der Waals surface area (Å²) in [7, 11) is 2.00. The van der Waals surface area contributed by atoms with Crippen molar-refractivity contribution in [3.63, 3.8) is 0 Å². The number of hydrogen-bond donors (Lipinski definition) is 1. The first-order chi connectivity index (χ1) is 7.72. The van der Waals surface area contributed by atoms with E-state index in [-0.39, 0.29) is 0 Å². The highest BCUT2D eigenvalue weighted by Crippen LogP contribution is 2.38. The zero-order valence-corrected chi connectivity index (χ0v) is 13.1. The predicted octanol–water partition coefficient (Wildman–Crippen LogP) is 4.10. The van der Waals surface area contributed by atoms with Gasteiger partial charge < -0.3 is 10.1 Å². The molecule has 2 heterocycles. The second-order valence-corrected chi connectivity index (χ2v) is 7.20. The number of nitrogens with one attached hydrogen (secondary N) is 1. The molecule has 0 spiro atoms. The molecule has 0 bridgehead atoms. The van der Waals surface area contributed by atoms with Crippen molar-refractivity contribution in [1.29, 1.82) is 0 Å². The maximum absolute atomic E-state index is 5.85. The Balaban J connectivity index is 2.14. The van der Waals surface area contributed by atoms with Crippen LogP contribution in [0.4, 0.5) is 0 Å². The molecule has 0 amide bonds. The van der Waals surface area contributed by atoms with Crippen LogP contribution in [0.2, 0.25) is 0 Å². The number of thiophene rings is 1. The lowest BCUT2D eigenvalue weighted by Gasteiger charge is -2.29. The van der Waals surface area contributed by atoms with Crippen LogP contribution in [0.15, 0.2) is 14.3 Å². The van der Waals surface area contributed by atoms with E-state index in [4.69, 9.17) is 4.74 Å². The molecule has 2 nitrogen and oxygen atoms in total. The fraction of sp³-hybridized carbons (Fsp3) is 0.636. The van der Waals surface area contributed by atoms with E-state index in [1.807, 2.05) is 7.05 Å².